The number of benzene rings is 1. The first-order chi connectivity index (χ1) is 14.3. The molecule has 0 aliphatic rings. The maximum Gasteiger partial charge on any atom is 0.191 e. The SMILES string of the molecule is C=CCOc1ccccc1CNC(=NCc1ccnc(-n2cccn2)c1)NCC.I. The molecule has 0 amide bonds. The summed E-state index contributed by atoms with van der Waals surface area (Å²) >= 11 is 0. The molecule has 0 radical (unpaired) electrons. The van der Waals surface area contributed by atoms with E-state index < -0.39 is 0 Å². The largest absolute Gasteiger partial charge is 0.489 e. The highest BCUT2D eigenvalue weighted by molar-refractivity contribution is 14.0. The first-order valence-electron chi connectivity index (χ1n) is 9.59. The molecule has 7 nitrogen and oxygen atoms in total. The molecule has 1 aromatic carbocycles. The number of guanidine groups is 1. The molecule has 0 saturated carbocycles. The zero-order chi connectivity index (χ0) is 20.3. The molecule has 2 N–H and O–H groups in total. The van der Waals surface area contributed by atoms with Crippen LogP contribution in [0.25, 0.3) is 5.82 Å². The molecule has 30 heavy (non-hydrogen) atoms. The van der Waals surface area contributed by atoms with Crippen molar-refractivity contribution in [2.24, 2.45) is 4.99 Å². The van der Waals surface area contributed by atoms with E-state index in [1.807, 2.05) is 55.6 Å². The lowest BCUT2D eigenvalue weighted by Gasteiger charge is -2.14. The van der Waals surface area contributed by atoms with Gasteiger partial charge in [0.15, 0.2) is 11.8 Å². The first kappa shape index (κ1) is 23.4. The van der Waals surface area contributed by atoms with Gasteiger partial charge in [0.25, 0.3) is 0 Å². The summed E-state index contributed by atoms with van der Waals surface area (Å²) in [6, 6.07) is 13.8. The summed E-state index contributed by atoms with van der Waals surface area (Å²) in [4.78, 5) is 9.05. The summed E-state index contributed by atoms with van der Waals surface area (Å²) in [5.74, 6) is 2.35. The predicted octanol–water partition coefficient (Wildman–Crippen LogP) is 3.71. The number of rotatable bonds is 9. The fraction of sp³-hybridized carbons (Fsp3) is 0.227. The molecule has 0 fully saturated rings. The highest BCUT2D eigenvalue weighted by Gasteiger charge is 2.05. The molecule has 3 rings (SSSR count). The van der Waals surface area contributed by atoms with Crippen LogP contribution in [-0.2, 0) is 13.1 Å². The lowest BCUT2D eigenvalue weighted by molar-refractivity contribution is 0.358. The fourth-order valence-electron chi connectivity index (χ4n) is 2.72. The second kappa shape index (κ2) is 12.6. The average Bonchev–Trinajstić information content (AvgIpc) is 3.30. The number of para-hydroxylation sites is 1. The number of nitrogens with zero attached hydrogens (tertiary/aromatic N) is 4. The Bertz CT molecular complexity index is 942. The van der Waals surface area contributed by atoms with Gasteiger partial charge >= 0.3 is 0 Å². The Balaban J connectivity index is 0.00000320. The van der Waals surface area contributed by atoms with Gasteiger partial charge in [-0.25, -0.2) is 14.7 Å². The minimum absolute atomic E-state index is 0. The standard InChI is InChI=1S/C22H26N6O.HI/c1-3-14-29-20-9-6-5-8-19(20)17-26-22(23-4-2)25-16-18-10-12-24-21(15-18)28-13-7-11-27-28;/h3,5-13,15H,1,4,14,16-17H2,2H3,(H2,23,25,26);1H. The van der Waals surface area contributed by atoms with Crippen molar-refractivity contribution < 1.29 is 4.74 Å². The molecule has 2 heterocycles. The number of pyridine rings is 1. The quantitative estimate of drug-likeness (QED) is 0.196. The Morgan fingerprint density at radius 3 is 2.83 bits per heavy atom. The van der Waals surface area contributed by atoms with Crippen LogP contribution in [-0.4, -0.2) is 33.9 Å². The third-order valence-electron chi connectivity index (χ3n) is 4.09. The van der Waals surface area contributed by atoms with Crippen LogP contribution in [0.4, 0.5) is 0 Å². The van der Waals surface area contributed by atoms with E-state index >= 15 is 0 Å². The van der Waals surface area contributed by atoms with Crippen molar-refractivity contribution in [2.45, 2.75) is 20.0 Å². The smallest absolute Gasteiger partial charge is 0.191 e. The number of aliphatic imine (C=N–C) groups is 1. The van der Waals surface area contributed by atoms with Crippen LogP contribution in [0.3, 0.4) is 0 Å². The van der Waals surface area contributed by atoms with Gasteiger partial charge in [0.2, 0.25) is 0 Å². The Kier molecular flexibility index (Phi) is 9.85. The summed E-state index contributed by atoms with van der Waals surface area (Å²) in [5.41, 5.74) is 2.11. The van der Waals surface area contributed by atoms with E-state index in [0.29, 0.717) is 19.7 Å². The molecule has 158 valence electrons. The summed E-state index contributed by atoms with van der Waals surface area (Å²) < 4.78 is 7.46. The minimum Gasteiger partial charge on any atom is -0.489 e. The number of aromatic nitrogens is 3. The number of hydrogen-bond donors (Lipinski definition) is 2. The molecular formula is C22H27IN6O. The molecular weight excluding hydrogens is 491 g/mol. The van der Waals surface area contributed by atoms with Gasteiger partial charge in [-0.3, -0.25) is 0 Å². The second-order valence-corrected chi connectivity index (χ2v) is 6.23. The molecule has 8 heteroatoms. The summed E-state index contributed by atoms with van der Waals surface area (Å²) in [6.45, 7) is 8.13. The maximum atomic E-state index is 5.72. The average molecular weight is 518 g/mol. The summed E-state index contributed by atoms with van der Waals surface area (Å²) in [7, 11) is 0. The summed E-state index contributed by atoms with van der Waals surface area (Å²) in [6.07, 6.45) is 7.11. The van der Waals surface area contributed by atoms with Gasteiger partial charge in [-0.2, -0.15) is 5.10 Å². The van der Waals surface area contributed by atoms with E-state index in [0.717, 1.165) is 35.2 Å². The van der Waals surface area contributed by atoms with Crippen LogP contribution in [0, 0.1) is 0 Å². The van der Waals surface area contributed by atoms with Crippen molar-refractivity contribution >= 4 is 29.9 Å². The van der Waals surface area contributed by atoms with Gasteiger partial charge in [0.05, 0.1) is 6.54 Å². The van der Waals surface area contributed by atoms with Crippen LogP contribution in [0.2, 0.25) is 0 Å². The lowest BCUT2D eigenvalue weighted by atomic mass is 10.2. The number of nitrogens with one attached hydrogen (secondary N) is 2. The van der Waals surface area contributed by atoms with Crippen LogP contribution in [0.5, 0.6) is 5.75 Å². The van der Waals surface area contributed by atoms with Crippen molar-refractivity contribution in [3.63, 3.8) is 0 Å². The van der Waals surface area contributed by atoms with E-state index in [9.17, 15) is 0 Å². The monoisotopic (exact) mass is 518 g/mol. The lowest BCUT2D eigenvalue weighted by Crippen LogP contribution is -2.36. The Morgan fingerprint density at radius 1 is 1.20 bits per heavy atom. The van der Waals surface area contributed by atoms with Crippen LogP contribution in [0.1, 0.15) is 18.1 Å². The number of ether oxygens (including phenoxy) is 1. The normalized spacial score (nSPS) is 10.8. The van der Waals surface area contributed by atoms with E-state index in [1.54, 1.807) is 23.2 Å². The van der Waals surface area contributed by atoms with E-state index in [4.69, 9.17) is 9.73 Å². The highest BCUT2D eigenvalue weighted by atomic mass is 127. The molecule has 0 aliphatic carbocycles. The zero-order valence-electron chi connectivity index (χ0n) is 17.0. The molecule has 0 bridgehead atoms. The van der Waals surface area contributed by atoms with Crippen LogP contribution < -0.4 is 15.4 Å². The minimum atomic E-state index is 0. The predicted molar refractivity (Wildman–Crippen MR) is 131 cm³/mol. The van der Waals surface area contributed by atoms with E-state index in [-0.39, 0.29) is 24.0 Å². The third kappa shape index (κ3) is 6.87. The molecule has 2 aromatic heterocycles. The first-order valence-corrected chi connectivity index (χ1v) is 9.59. The van der Waals surface area contributed by atoms with Crippen molar-refractivity contribution in [3.05, 3.63) is 84.8 Å². The second-order valence-electron chi connectivity index (χ2n) is 6.23. The molecule has 3 aromatic rings. The molecule has 0 saturated heterocycles. The van der Waals surface area contributed by atoms with Gasteiger partial charge in [-0.1, -0.05) is 30.9 Å². The van der Waals surface area contributed by atoms with Crippen molar-refractivity contribution in [1.29, 1.82) is 0 Å². The van der Waals surface area contributed by atoms with Gasteiger partial charge in [0, 0.05) is 37.2 Å². The highest BCUT2D eigenvalue weighted by Crippen LogP contribution is 2.17. The number of halogens is 1. The maximum absolute atomic E-state index is 5.72. The fourth-order valence-corrected chi connectivity index (χ4v) is 2.72. The third-order valence-corrected chi connectivity index (χ3v) is 4.09. The molecule has 0 atom stereocenters. The van der Waals surface area contributed by atoms with Gasteiger partial charge in [-0.15, -0.1) is 24.0 Å². The topological polar surface area (TPSA) is 76.4 Å². The van der Waals surface area contributed by atoms with E-state index in [2.05, 4.69) is 27.3 Å². The van der Waals surface area contributed by atoms with Crippen LogP contribution >= 0.6 is 24.0 Å². The molecule has 0 spiro atoms. The summed E-state index contributed by atoms with van der Waals surface area (Å²) in [5, 5.41) is 10.9. The van der Waals surface area contributed by atoms with Gasteiger partial charge in [0.1, 0.15) is 12.4 Å². The zero-order valence-corrected chi connectivity index (χ0v) is 19.3. The van der Waals surface area contributed by atoms with E-state index in [1.165, 1.54) is 0 Å². The van der Waals surface area contributed by atoms with Gasteiger partial charge < -0.3 is 15.4 Å². The Hall–Kier alpha value is -2.88. The molecule has 0 aliphatic heterocycles. The Labute approximate surface area is 194 Å². The van der Waals surface area contributed by atoms with Crippen molar-refractivity contribution in [2.75, 3.05) is 13.2 Å². The van der Waals surface area contributed by atoms with Crippen molar-refractivity contribution in [1.82, 2.24) is 25.4 Å². The Morgan fingerprint density at radius 2 is 2.07 bits per heavy atom. The number of hydrogen-bond acceptors (Lipinski definition) is 4. The molecule has 0 unspecified atom stereocenters. The van der Waals surface area contributed by atoms with Gasteiger partial charge in [-0.05, 0) is 36.8 Å². The van der Waals surface area contributed by atoms with Crippen molar-refractivity contribution in [3.8, 4) is 11.6 Å². The van der Waals surface area contributed by atoms with Crippen LogP contribution in [0.15, 0.2) is 78.7 Å².